The monoisotopic (exact) mass is 214 g/mol. The van der Waals surface area contributed by atoms with Gasteiger partial charge in [-0.3, -0.25) is 10.1 Å². The minimum atomic E-state index is -0.446. The molecule has 0 aliphatic heterocycles. The van der Waals surface area contributed by atoms with E-state index in [1.807, 2.05) is 0 Å². The summed E-state index contributed by atoms with van der Waals surface area (Å²) in [6, 6.07) is 13.7. The van der Waals surface area contributed by atoms with Crippen molar-refractivity contribution in [2.45, 2.75) is 0 Å². The predicted molar refractivity (Wildman–Crippen MR) is 59.0 cm³/mol. The summed E-state index contributed by atoms with van der Waals surface area (Å²) in [7, 11) is 0. The van der Waals surface area contributed by atoms with Crippen molar-refractivity contribution >= 4 is 5.69 Å². The fraction of sp³-hybridized carbons (Fsp3) is 0. The Kier molecular flexibility index (Phi) is 2.55. The molecular formula is C12H8NO3. The molecule has 0 heterocycles. The molecule has 1 N–H and O–H groups in total. The number of phenols is 1. The maximum Gasteiger partial charge on any atom is 0.277 e. The molecule has 0 atom stereocenters. The van der Waals surface area contributed by atoms with Crippen molar-refractivity contribution in [3.05, 3.63) is 58.6 Å². The molecule has 1 radical (unpaired) electrons. The number of nitro benzene ring substituents is 1. The first-order valence-electron chi connectivity index (χ1n) is 4.63. The number of nitro groups is 1. The van der Waals surface area contributed by atoms with Crippen LogP contribution in [0.4, 0.5) is 5.69 Å². The zero-order valence-electron chi connectivity index (χ0n) is 8.25. The molecule has 0 fully saturated rings. The maximum atomic E-state index is 10.8. The van der Waals surface area contributed by atoms with Gasteiger partial charge in [0, 0.05) is 6.07 Å². The molecule has 2 aromatic rings. The average molecular weight is 214 g/mol. The van der Waals surface area contributed by atoms with Crippen LogP contribution < -0.4 is 0 Å². The lowest BCUT2D eigenvalue weighted by Gasteiger charge is -2.02. The van der Waals surface area contributed by atoms with E-state index in [0.717, 1.165) is 0 Å². The Morgan fingerprint density at radius 3 is 2.50 bits per heavy atom. The molecule has 0 aliphatic carbocycles. The number of hydrogen-bond donors (Lipinski definition) is 1. The summed E-state index contributed by atoms with van der Waals surface area (Å²) in [4.78, 5) is 10.4. The van der Waals surface area contributed by atoms with Gasteiger partial charge in [-0.15, -0.1) is 0 Å². The first-order valence-corrected chi connectivity index (χ1v) is 4.63. The Labute approximate surface area is 91.9 Å². The van der Waals surface area contributed by atoms with E-state index in [0.29, 0.717) is 11.1 Å². The molecule has 79 valence electrons. The third kappa shape index (κ3) is 1.86. The second-order valence-corrected chi connectivity index (χ2v) is 3.23. The Morgan fingerprint density at radius 1 is 1.19 bits per heavy atom. The summed E-state index contributed by atoms with van der Waals surface area (Å²) in [5.41, 5.74) is 1.09. The fourth-order valence-electron chi connectivity index (χ4n) is 1.44. The van der Waals surface area contributed by atoms with Crippen LogP contribution in [0.5, 0.6) is 5.75 Å². The van der Waals surface area contributed by atoms with Crippen molar-refractivity contribution in [2.24, 2.45) is 0 Å². The Bertz CT molecular complexity index is 520. The molecule has 0 saturated carbocycles. The first-order chi connectivity index (χ1) is 7.68. The van der Waals surface area contributed by atoms with Gasteiger partial charge in [0.05, 0.1) is 10.5 Å². The summed E-state index contributed by atoms with van der Waals surface area (Å²) in [6.45, 7) is 0. The molecule has 4 nitrogen and oxygen atoms in total. The smallest absolute Gasteiger partial charge is 0.277 e. The molecule has 2 aromatic carbocycles. The molecule has 0 unspecified atom stereocenters. The molecule has 16 heavy (non-hydrogen) atoms. The highest BCUT2D eigenvalue weighted by Crippen LogP contribution is 2.29. The predicted octanol–water partition coefficient (Wildman–Crippen LogP) is 2.77. The molecule has 2 rings (SSSR count). The second-order valence-electron chi connectivity index (χ2n) is 3.23. The van der Waals surface area contributed by atoms with Crippen molar-refractivity contribution in [3.63, 3.8) is 0 Å². The minimum absolute atomic E-state index is 0.00758. The standard InChI is InChI=1S/C12H8NO3/c14-10-7-5-9(6-8-10)11-3-1-2-4-12(11)13(15)16/h1-2,4-8,14H. The van der Waals surface area contributed by atoms with Gasteiger partial charge in [-0.25, -0.2) is 0 Å². The number of nitrogens with zero attached hydrogens (tertiary/aromatic N) is 1. The third-order valence-corrected chi connectivity index (χ3v) is 2.19. The molecule has 0 saturated heterocycles. The highest BCUT2D eigenvalue weighted by Gasteiger charge is 2.13. The lowest BCUT2D eigenvalue weighted by molar-refractivity contribution is -0.384. The van der Waals surface area contributed by atoms with Crippen LogP contribution in [0.1, 0.15) is 0 Å². The van der Waals surface area contributed by atoms with Gasteiger partial charge in [0.2, 0.25) is 0 Å². The third-order valence-electron chi connectivity index (χ3n) is 2.19. The summed E-state index contributed by atoms with van der Waals surface area (Å²) < 4.78 is 0. The highest BCUT2D eigenvalue weighted by atomic mass is 16.6. The molecule has 0 bridgehead atoms. The number of benzene rings is 2. The summed E-state index contributed by atoms with van der Waals surface area (Å²) in [5, 5.41) is 19.9. The first kappa shape index (κ1) is 10.2. The lowest BCUT2D eigenvalue weighted by Crippen LogP contribution is -1.91. The van der Waals surface area contributed by atoms with Crippen molar-refractivity contribution in [2.75, 3.05) is 0 Å². The fourth-order valence-corrected chi connectivity index (χ4v) is 1.44. The van der Waals surface area contributed by atoms with E-state index in [4.69, 9.17) is 5.11 Å². The van der Waals surface area contributed by atoms with Gasteiger partial charge in [0.25, 0.3) is 5.69 Å². The molecular weight excluding hydrogens is 206 g/mol. The SMILES string of the molecule is O=[N+]([O-])c1ccc[c]c1-c1ccc(O)cc1. The van der Waals surface area contributed by atoms with E-state index in [9.17, 15) is 10.1 Å². The zero-order chi connectivity index (χ0) is 11.5. The van der Waals surface area contributed by atoms with Crippen LogP contribution in [0.2, 0.25) is 0 Å². The Morgan fingerprint density at radius 2 is 1.88 bits per heavy atom. The maximum absolute atomic E-state index is 10.8. The van der Waals surface area contributed by atoms with Crippen LogP contribution in [0, 0.1) is 16.2 Å². The van der Waals surface area contributed by atoms with E-state index in [-0.39, 0.29) is 11.4 Å². The Balaban J connectivity index is 2.55. The van der Waals surface area contributed by atoms with Crippen molar-refractivity contribution < 1.29 is 10.0 Å². The lowest BCUT2D eigenvalue weighted by atomic mass is 10.0. The van der Waals surface area contributed by atoms with Crippen LogP contribution in [0.25, 0.3) is 11.1 Å². The van der Waals surface area contributed by atoms with E-state index in [1.54, 1.807) is 24.3 Å². The van der Waals surface area contributed by atoms with E-state index in [1.165, 1.54) is 18.2 Å². The van der Waals surface area contributed by atoms with Gasteiger partial charge in [-0.1, -0.05) is 24.3 Å². The van der Waals surface area contributed by atoms with Gasteiger partial charge >= 0.3 is 0 Å². The largest absolute Gasteiger partial charge is 0.508 e. The van der Waals surface area contributed by atoms with Crippen LogP contribution in [-0.4, -0.2) is 10.0 Å². The van der Waals surface area contributed by atoms with Crippen LogP contribution in [0.15, 0.2) is 42.5 Å². The van der Waals surface area contributed by atoms with Gasteiger partial charge in [0.1, 0.15) is 5.75 Å². The summed E-state index contributed by atoms with van der Waals surface area (Å²) >= 11 is 0. The minimum Gasteiger partial charge on any atom is -0.508 e. The van der Waals surface area contributed by atoms with Crippen molar-refractivity contribution in [1.82, 2.24) is 0 Å². The van der Waals surface area contributed by atoms with Gasteiger partial charge in [-0.05, 0) is 23.8 Å². The summed E-state index contributed by atoms with van der Waals surface area (Å²) in [5.74, 6) is 0.127. The van der Waals surface area contributed by atoms with Crippen molar-refractivity contribution in [3.8, 4) is 16.9 Å². The quantitative estimate of drug-likeness (QED) is 0.617. The summed E-state index contributed by atoms with van der Waals surface area (Å²) in [6.07, 6.45) is 0. The van der Waals surface area contributed by atoms with Crippen molar-refractivity contribution in [1.29, 1.82) is 0 Å². The van der Waals surface area contributed by atoms with E-state index < -0.39 is 4.92 Å². The van der Waals surface area contributed by atoms with Gasteiger partial charge in [0.15, 0.2) is 0 Å². The van der Waals surface area contributed by atoms with E-state index in [2.05, 4.69) is 6.07 Å². The second kappa shape index (κ2) is 4.02. The van der Waals surface area contributed by atoms with E-state index >= 15 is 0 Å². The average Bonchev–Trinajstić information content (AvgIpc) is 2.30. The highest BCUT2D eigenvalue weighted by molar-refractivity contribution is 5.73. The number of rotatable bonds is 2. The Hall–Kier alpha value is -2.36. The number of hydrogen-bond acceptors (Lipinski definition) is 3. The molecule has 0 aliphatic rings. The van der Waals surface area contributed by atoms with Gasteiger partial charge in [-0.2, -0.15) is 0 Å². The molecule has 0 spiro atoms. The van der Waals surface area contributed by atoms with Gasteiger partial charge < -0.3 is 5.11 Å². The van der Waals surface area contributed by atoms with Crippen LogP contribution >= 0.6 is 0 Å². The molecule has 4 heteroatoms. The van der Waals surface area contributed by atoms with Crippen LogP contribution in [-0.2, 0) is 0 Å². The number of aromatic hydroxyl groups is 1. The zero-order valence-corrected chi connectivity index (χ0v) is 8.25. The topological polar surface area (TPSA) is 63.4 Å². The van der Waals surface area contributed by atoms with Crippen LogP contribution in [0.3, 0.4) is 0 Å². The normalized spacial score (nSPS) is 10.0. The number of phenolic OH excluding ortho intramolecular Hbond substituents is 1. The molecule has 0 amide bonds. The molecule has 0 aromatic heterocycles.